The van der Waals surface area contributed by atoms with Crippen LogP contribution in [0.4, 0.5) is 0 Å². The summed E-state index contributed by atoms with van der Waals surface area (Å²) in [7, 11) is 0.292. The summed E-state index contributed by atoms with van der Waals surface area (Å²) in [6.45, 7) is 6.28. The van der Waals surface area contributed by atoms with Crippen LogP contribution in [0.3, 0.4) is 0 Å². The number of hydrogen-bond donors (Lipinski definition) is 0. The Bertz CT molecular complexity index is 77.0. The normalized spacial score (nSPS) is 8.38. The zero-order valence-corrected chi connectivity index (χ0v) is 7.58. The Morgan fingerprint density at radius 3 is 1.50 bits per heavy atom. The van der Waals surface area contributed by atoms with Crippen LogP contribution in [-0.4, -0.2) is 15.2 Å². The molecule has 0 saturated carbocycles. The number of halogens is 1. The highest BCUT2D eigenvalue weighted by atomic mass is 35.6. The van der Waals surface area contributed by atoms with Crippen LogP contribution < -0.4 is 0 Å². The van der Waals surface area contributed by atoms with Crippen LogP contribution in [0.1, 0.15) is 0 Å². The second kappa shape index (κ2) is 5.20. The van der Waals surface area contributed by atoms with Gasteiger partial charge in [-0.2, -0.15) is 11.1 Å². The fourth-order valence-electron chi connectivity index (χ4n) is 0. The van der Waals surface area contributed by atoms with Crippen molar-refractivity contribution in [1.29, 1.82) is 5.26 Å². The second-order valence-electron chi connectivity index (χ2n) is 2.29. The number of hydrogen-bond acceptors (Lipinski definition) is 1. The van der Waals surface area contributed by atoms with Gasteiger partial charge in [-0.05, 0) is 5.97 Å². The lowest BCUT2D eigenvalue weighted by Crippen LogP contribution is -2.06. The lowest BCUT2D eigenvalue weighted by atomic mass is 10.2. The zero-order valence-electron chi connectivity index (χ0n) is 5.83. The molecule has 0 bridgehead atoms. The third-order valence-electron chi connectivity index (χ3n) is 0. The molecule has 0 atom stereocenters. The molecule has 4 heteroatoms. The number of rotatable bonds is 0. The van der Waals surface area contributed by atoms with E-state index in [0.29, 0.717) is 0 Å². The molecule has 8 heavy (non-hydrogen) atoms. The van der Waals surface area contributed by atoms with E-state index in [1.54, 1.807) is 5.97 Å². The summed E-state index contributed by atoms with van der Waals surface area (Å²) in [5, 5.41) is 7.32. The molecule has 0 amide bonds. The van der Waals surface area contributed by atoms with Gasteiger partial charge in [-0.15, -0.1) is 0 Å². The van der Waals surface area contributed by atoms with Gasteiger partial charge in [0, 0.05) is 0 Å². The minimum Gasteiger partial charge on any atom is -0.213 e. The molecule has 0 aromatic heterocycles. The van der Waals surface area contributed by atoms with Crippen LogP contribution in [0.15, 0.2) is 0 Å². The molecular formula is C4H11BClNSi. The quantitative estimate of drug-likeness (QED) is 0.373. The predicted molar refractivity (Wildman–Crippen MR) is 43.4 cm³/mol. The third-order valence-corrected chi connectivity index (χ3v) is 0. The van der Waals surface area contributed by atoms with Gasteiger partial charge in [0.15, 0.2) is 0 Å². The van der Waals surface area contributed by atoms with Gasteiger partial charge in [-0.3, -0.25) is 0 Å². The maximum atomic E-state index is 7.32. The van der Waals surface area contributed by atoms with Gasteiger partial charge in [-0.1, -0.05) is 19.6 Å². The summed E-state index contributed by atoms with van der Waals surface area (Å²) in [5.41, 5.74) is 0. The van der Waals surface area contributed by atoms with E-state index in [0.717, 1.165) is 0 Å². The first-order valence-corrected chi connectivity index (χ1v) is 6.92. The van der Waals surface area contributed by atoms with Crippen LogP contribution in [0, 0.1) is 11.2 Å². The molecule has 0 spiro atoms. The fraction of sp³-hybridized carbons (Fsp3) is 0.750. The first kappa shape index (κ1) is 10.9. The largest absolute Gasteiger partial charge is 0.232 e. The van der Waals surface area contributed by atoms with Crippen molar-refractivity contribution < 1.29 is 0 Å². The summed E-state index contributed by atoms with van der Waals surface area (Å²) in [6.07, 6.45) is 0. The summed E-state index contributed by atoms with van der Waals surface area (Å²) in [6, 6.07) is 0. The molecule has 0 fully saturated rings. The molecular weight excluding hydrogens is 136 g/mol. The molecule has 0 aliphatic carbocycles. The molecule has 0 saturated heterocycles. The van der Waals surface area contributed by atoms with Crippen LogP contribution >= 0.6 is 11.1 Å². The molecule has 0 aliphatic heterocycles. The van der Waals surface area contributed by atoms with Crippen molar-refractivity contribution in [2.45, 2.75) is 19.6 Å². The Morgan fingerprint density at radius 2 is 1.50 bits per heavy atom. The SMILES string of the molecule is BC#N.C[Si](C)(C)Cl. The lowest BCUT2D eigenvalue weighted by molar-refractivity contribution is 1.57. The second-order valence-corrected chi connectivity index (χ2v) is 9.83. The van der Waals surface area contributed by atoms with Crippen molar-refractivity contribution in [3.8, 4) is 5.97 Å². The average Bonchev–Trinajstić information content (AvgIpc) is 1.27. The zero-order chi connectivity index (χ0) is 7.21. The van der Waals surface area contributed by atoms with Crippen molar-refractivity contribution in [2.75, 3.05) is 0 Å². The van der Waals surface area contributed by atoms with E-state index in [-0.39, 0.29) is 0 Å². The monoisotopic (exact) mass is 147 g/mol. The lowest BCUT2D eigenvalue weighted by Gasteiger charge is -1.97. The molecule has 0 aromatic carbocycles. The van der Waals surface area contributed by atoms with Crippen molar-refractivity contribution in [1.82, 2.24) is 0 Å². The first-order chi connectivity index (χ1) is 3.41. The average molecular weight is 147 g/mol. The van der Waals surface area contributed by atoms with E-state index in [1.807, 2.05) is 0 Å². The number of nitrogens with zero attached hydrogens (tertiary/aromatic N) is 1. The first-order valence-electron chi connectivity index (χ1n) is 2.41. The third kappa shape index (κ3) is 40600. The Hall–Kier alpha value is 0.0618. The molecule has 1 nitrogen and oxygen atoms in total. The van der Waals surface area contributed by atoms with E-state index in [4.69, 9.17) is 16.3 Å². The van der Waals surface area contributed by atoms with Gasteiger partial charge in [0.25, 0.3) is 0 Å². The minimum absolute atomic E-state index is 1.14. The van der Waals surface area contributed by atoms with Crippen LogP contribution in [0.2, 0.25) is 19.6 Å². The summed E-state index contributed by atoms with van der Waals surface area (Å²) in [4.78, 5) is 0. The summed E-state index contributed by atoms with van der Waals surface area (Å²) >= 11 is 5.67. The Balaban J connectivity index is 0. The van der Waals surface area contributed by atoms with Crippen molar-refractivity contribution in [2.24, 2.45) is 0 Å². The van der Waals surface area contributed by atoms with Gasteiger partial charge in [0.05, 0.1) is 0 Å². The molecule has 46 valence electrons. The molecule has 0 heterocycles. The van der Waals surface area contributed by atoms with Gasteiger partial charge >= 0.3 is 0 Å². The van der Waals surface area contributed by atoms with Crippen molar-refractivity contribution in [3.05, 3.63) is 0 Å². The highest BCUT2D eigenvalue weighted by Gasteiger charge is 2.04. The maximum Gasteiger partial charge on any atom is 0.232 e. The van der Waals surface area contributed by atoms with E-state index in [2.05, 4.69) is 19.6 Å². The van der Waals surface area contributed by atoms with E-state index in [9.17, 15) is 0 Å². The molecule has 0 unspecified atom stereocenters. The number of nitriles is 1. The van der Waals surface area contributed by atoms with Crippen molar-refractivity contribution in [3.63, 3.8) is 0 Å². The Labute approximate surface area is 57.8 Å². The molecule has 0 radical (unpaired) electrons. The van der Waals surface area contributed by atoms with E-state index in [1.165, 1.54) is 7.85 Å². The Kier molecular flexibility index (Phi) is 7.12. The standard InChI is InChI=1S/C3H9ClSi.CH2BN/c1-5(2,3)4;2-1-3/h1-3H3;2H2. The van der Waals surface area contributed by atoms with Crippen LogP contribution in [-0.2, 0) is 0 Å². The molecule has 0 aliphatic rings. The predicted octanol–water partition coefficient (Wildman–Crippen LogP) is 1.16. The van der Waals surface area contributed by atoms with Crippen LogP contribution in [0.25, 0.3) is 0 Å². The molecule has 0 rings (SSSR count). The van der Waals surface area contributed by atoms with Gasteiger partial charge in [0.2, 0.25) is 7.85 Å². The smallest absolute Gasteiger partial charge is 0.213 e. The summed E-state index contributed by atoms with van der Waals surface area (Å²) < 4.78 is 0. The topological polar surface area (TPSA) is 23.8 Å². The van der Waals surface area contributed by atoms with E-state index >= 15 is 0 Å². The molecule has 0 N–H and O–H groups in total. The minimum atomic E-state index is -1.14. The van der Waals surface area contributed by atoms with E-state index < -0.39 is 7.38 Å². The molecule has 0 aromatic rings. The van der Waals surface area contributed by atoms with Crippen LogP contribution in [0.5, 0.6) is 0 Å². The highest BCUT2D eigenvalue weighted by molar-refractivity contribution is 7.18. The Morgan fingerprint density at radius 1 is 1.50 bits per heavy atom. The highest BCUT2D eigenvalue weighted by Crippen LogP contribution is 2.03. The van der Waals surface area contributed by atoms with Gasteiger partial charge in [0.1, 0.15) is 7.38 Å². The van der Waals surface area contributed by atoms with Crippen molar-refractivity contribution >= 4 is 26.3 Å². The summed E-state index contributed by atoms with van der Waals surface area (Å²) in [5.74, 6) is 1.75. The fourth-order valence-corrected chi connectivity index (χ4v) is 0. The maximum absolute atomic E-state index is 7.32. The van der Waals surface area contributed by atoms with Gasteiger partial charge in [-0.25, -0.2) is 5.26 Å². The van der Waals surface area contributed by atoms with Gasteiger partial charge < -0.3 is 0 Å².